The molecule has 0 atom stereocenters. The lowest BCUT2D eigenvalue weighted by Gasteiger charge is -2.33. The van der Waals surface area contributed by atoms with Gasteiger partial charge in [-0.05, 0) is 47.9 Å². The number of aryl methyl sites for hydroxylation is 1. The summed E-state index contributed by atoms with van der Waals surface area (Å²) >= 11 is 0. The van der Waals surface area contributed by atoms with Crippen LogP contribution >= 0.6 is 24.0 Å². The number of benzene rings is 1. The van der Waals surface area contributed by atoms with Gasteiger partial charge in [0.05, 0.1) is 0 Å². The number of halogens is 1. The highest BCUT2D eigenvalue weighted by Crippen LogP contribution is 2.25. The van der Waals surface area contributed by atoms with Crippen LogP contribution in [0.2, 0.25) is 0 Å². The van der Waals surface area contributed by atoms with E-state index in [1.165, 1.54) is 5.56 Å². The molecule has 1 heterocycles. The van der Waals surface area contributed by atoms with Gasteiger partial charge in [0.1, 0.15) is 17.9 Å². The predicted molar refractivity (Wildman–Crippen MR) is 117 cm³/mol. The van der Waals surface area contributed by atoms with Crippen LogP contribution in [0.25, 0.3) is 11.0 Å². The summed E-state index contributed by atoms with van der Waals surface area (Å²) in [6.07, 6.45) is 0. The summed E-state index contributed by atoms with van der Waals surface area (Å²) in [6.45, 7) is 10.7. The lowest BCUT2D eigenvalue weighted by molar-refractivity contribution is 0.197. The van der Waals surface area contributed by atoms with E-state index in [0.717, 1.165) is 35.8 Å². The Balaban J connectivity index is 0.00000312. The highest BCUT2D eigenvalue weighted by atomic mass is 127. The van der Waals surface area contributed by atoms with Gasteiger partial charge in [-0.3, -0.25) is 0 Å². The van der Waals surface area contributed by atoms with Gasteiger partial charge in [0.25, 0.3) is 0 Å². The van der Waals surface area contributed by atoms with Crippen molar-refractivity contribution in [2.45, 2.75) is 39.8 Å². The fourth-order valence-corrected chi connectivity index (χ4v) is 2.33. The van der Waals surface area contributed by atoms with Crippen molar-refractivity contribution >= 4 is 40.9 Å². The minimum absolute atomic E-state index is 0. The van der Waals surface area contributed by atoms with E-state index >= 15 is 0 Å². The molecule has 6 heteroatoms. The van der Waals surface area contributed by atoms with Crippen molar-refractivity contribution in [1.29, 1.82) is 0 Å². The molecule has 1 aromatic carbocycles. The molecule has 25 heavy (non-hydrogen) atoms. The molecule has 0 aliphatic heterocycles. The van der Waals surface area contributed by atoms with Crippen LogP contribution in [0.3, 0.4) is 0 Å². The maximum atomic E-state index is 5.94. The number of nitrogens with one attached hydrogen (secondary N) is 2. The zero-order valence-electron chi connectivity index (χ0n) is 16.1. The van der Waals surface area contributed by atoms with Gasteiger partial charge in [0.2, 0.25) is 0 Å². The lowest BCUT2D eigenvalue weighted by Crippen LogP contribution is -2.50. The van der Waals surface area contributed by atoms with E-state index in [2.05, 4.69) is 68.4 Å². The van der Waals surface area contributed by atoms with Crippen LogP contribution in [0, 0.1) is 6.92 Å². The molecule has 5 nitrogen and oxygen atoms in total. The van der Waals surface area contributed by atoms with Gasteiger partial charge >= 0.3 is 0 Å². The Morgan fingerprint density at radius 1 is 1.20 bits per heavy atom. The number of hydrogen-bond acceptors (Lipinski definition) is 3. The lowest BCUT2D eigenvalue weighted by atomic mass is 10.0. The summed E-state index contributed by atoms with van der Waals surface area (Å²) in [4.78, 5) is 6.89. The van der Waals surface area contributed by atoms with Crippen molar-refractivity contribution in [3.63, 3.8) is 0 Å². The minimum atomic E-state index is 0. The number of aliphatic imine (C=N–C) groups is 1. The van der Waals surface area contributed by atoms with Crippen LogP contribution in [0.15, 0.2) is 33.7 Å². The molecule has 0 saturated heterocycles. The third-order valence-corrected chi connectivity index (χ3v) is 4.57. The predicted octanol–water partition coefficient (Wildman–Crippen LogP) is 3.75. The maximum absolute atomic E-state index is 5.94. The summed E-state index contributed by atoms with van der Waals surface area (Å²) < 4.78 is 5.94. The first kappa shape index (κ1) is 21.8. The summed E-state index contributed by atoms with van der Waals surface area (Å²) in [5.74, 6) is 1.73. The molecule has 0 amide bonds. The SMILES string of the molecule is CCNC(=NCc1oc2ccccc2c1C)NCC(C)(C)N(C)C.I. The molecule has 1 aromatic heterocycles. The number of nitrogens with zero attached hydrogens (tertiary/aromatic N) is 2. The van der Waals surface area contributed by atoms with Crippen molar-refractivity contribution in [2.24, 2.45) is 4.99 Å². The molecular formula is C19H31IN4O. The van der Waals surface area contributed by atoms with E-state index in [1.54, 1.807) is 0 Å². The number of guanidine groups is 1. The van der Waals surface area contributed by atoms with Gasteiger partial charge in [-0.1, -0.05) is 18.2 Å². The van der Waals surface area contributed by atoms with Gasteiger partial charge in [-0.15, -0.1) is 24.0 Å². The summed E-state index contributed by atoms with van der Waals surface area (Å²) in [5.41, 5.74) is 2.14. The molecule has 0 aliphatic carbocycles. The monoisotopic (exact) mass is 458 g/mol. The van der Waals surface area contributed by atoms with Crippen LogP contribution in [0.4, 0.5) is 0 Å². The van der Waals surface area contributed by atoms with E-state index < -0.39 is 0 Å². The van der Waals surface area contributed by atoms with Crippen molar-refractivity contribution in [1.82, 2.24) is 15.5 Å². The number of hydrogen-bond donors (Lipinski definition) is 2. The van der Waals surface area contributed by atoms with Gasteiger partial charge < -0.3 is 20.0 Å². The second kappa shape index (κ2) is 9.43. The van der Waals surface area contributed by atoms with Crippen LogP contribution in [0.5, 0.6) is 0 Å². The molecule has 0 saturated carbocycles. The number of rotatable bonds is 6. The van der Waals surface area contributed by atoms with Gasteiger partial charge in [0.15, 0.2) is 5.96 Å². The highest BCUT2D eigenvalue weighted by Gasteiger charge is 2.20. The van der Waals surface area contributed by atoms with Crippen molar-refractivity contribution in [2.75, 3.05) is 27.2 Å². The van der Waals surface area contributed by atoms with Crippen LogP contribution in [-0.4, -0.2) is 43.6 Å². The Morgan fingerprint density at radius 3 is 2.48 bits per heavy atom. The van der Waals surface area contributed by atoms with Crippen molar-refractivity contribution in [3.05, 3.63) is 35.6 Å². The smallest absolute Gasteiger partial charge is 0.191 e. The summed E-state index contributed by atoms with van der Waals surface area (Å²) in [7, 11) is 4.17. The Morgan fingerprint density at radius 2 is 1.88 bits per heavy atom. The molecule has 2 rings (SSSR count). The van der Waals surface area contributed by atoms with Crippen molar-refractivity contribution < 1.29 is 4.42 Å². The molecule has 0 bridgehead atoms. The number of para-hydroxylation sites is 1. The third kappa shape index (κ3) is 5.60. The van der Waals surface area contributed by atoms with E-state index in [9.17, 15) is 0 Å². The second-order valence-corrected chi connectivity index (χ2v) is 6.90. The average molecular weight is 458 g/mol. The normalized spacial score (nSPS) is 12.4. The summed E-state index contributed by atoms with van der Waals surface area (Å²) in [6, 6.07) is 8.11. The van der Waals surface area contributed by atoms with E-state index in [4.69, 9.17) is 4.42 Å². The Hall–Kier alpha value is -1.28. The Labute approximate surface area is 168 Å². The number of fused-ring (bicyclic) bond motifs is 1. The first-order valence-electron chi connectivity index (χ1n) is 8.51. The summed E-state index contributed by atoms with van der Waals surface area (Å²) in [5, 5.41) is 7.88. The molecule has 0 fully saturated rings. The standard InChI is InChI=1S/C19H30N4O.HI/c1-7-20-18(22-13-19(3,4)23(5)6)21-12-17-14(2)15-10-8-9-11-16(15)24-17;/h8-11H,7,12-13H2,1-6H3,(H2,20,21,22);1H. The molecule has 0 spiro atoms. The number of likely N-dealkylation sites (N-methyl/N-ethyl adjacent to an activating group) is 1. The number of furan rings is 1. The van der Waals surface area contributed by atoms with Gasteiger partial charge in [-0.2, -0.15) is 0 Å². The van der Waals surface area contributed by atoms with E-state index in [-0.39, 0.29) is 29.5 Å². The molecule has 2 N–H and O–H groups in total. The average Bonchev–Trinajstić information content (AvgIpc) is 2.87. The maximum Gasteiger partial charge on any atom is 0.191 e. The fourth-order valence-electron chi connectivity index (χ4n) is 2.33. The molecule has 0 aliphatic rings. The van der Waals surface area contributed by atoms with Crippen LogP contribution < -0.4 is 10.6 Å². The van der Waals surface area contributed by atoms with Gasteiger partial charge in [0, 0.05) is 29.6 Å². The van der Waals surface area contributed by atoms with Gasteiger partial charge in [-0.25, -0.2) is 4.99 Å². The molecule has 2 aromatic rings. The molecule has 140 valence electrons. The molecule has 0 unspecified atom stereocenters. The minimum Gasteiger partial charge on any atom is -0.459 e. The highest BCUT2D eigenvalue weighted by molar-refractivity contribution is 14.0. The topological polar surface area (TPSA) is 52.8 Å². The van der Waals surface area contributed by atoms with Crippen LogP contribution in [0.1, 0.15) is 32.1 Å². The zero-order valence-corrected chi connectivity index (χ0v) is 18.5. The fraction of sp³-hybridized carbons (Fsp3) is 0.526. The first-order valence-corrected chi connectivity index (χ1v) is 8.51. The quantitative estimate of drug-likeness (QED) is 0.393. The molecular weight excluding hydrogens is 427 g/mol. The van der Waals surface area contributed by atoms with Crippen molar-refractivity contribution in [3.8, 4) is 0 Å². The Bertz CT molecular complexity index is 707. The largest absolute Gasteiger partial charge is 0.459 e. The van der Waals surface area contributed by atoms with Crippen LogP contribution in [-0.2, 0) is 6.54 Å². The zero-order chi connectivity index (χ0) is 17.7. The first-order chi connectivity index (χ1) is 11.3. The third-order valence-electron chi connectivity index (χ3n) is 4.57. The molecule has 0 radical (unpaired) electrons. The second-order valence-electron chi connectivity index (χ2n) is 6.90. The van der Waals surface area contributed by atoms with E-state index in [1.807, 2.05) is 18.2 Å². The van der Waals surface area contributed by atoms with E-state index in [0.29, 0.717) is 6.54 Å². The Kier molecular flexibility index (Phi) is 8.21.